The molecule has 5 nitrogen and oxygen atoms in total. The van der Waals surface area contributed by atoms with Gasteiger partial charge >= 0.3 is 0 Å². The Kier molecular flexibility index (Phi) is 5.24. The molecule has 118 valence electrons. The molecule has 0 N–H and O–H groups in total. The van der Waals surface area contributed by atoms with Crippen LogP contribution in [0.3, 0.4) is 0 Å². The lowest BCUT2D eigenvalue weighted by Gasteiger charge is -2.08. The third-order valence-corrected chi connectivity index (χ3v) is 3.78. The minimum Gasteiger partial charge on any atom is -1.00 e. The zero-order valence-electron chi connectivity index (χ0n) is 12.7. The van der Waals surface area contributed by atoms with E-state index in [1.54, 1.807) is 12.1 Å². The number of carbonyl (C=O) groups excluding carboxylic acids is 1. The van der Waals surface area contributed by atoms with Gasteiger partial charge in [-0.2, -0.15) is 0 Å². The third kappa shape index (κ3) is 3.32. The van der Waals surface area contributed by atoms with Gasteiger partial charge in [-0.15, -0.1) is 0 Å². The highest BCUT2D eigenvalue weighted by molar-refractivity contribution is 5.96. The zero-order valence-corrected chi connectivity index (χ0v) is 14.3. The summed E-state index contributed by atoms with van der Waals surface area (Å²) in [6.07, 6.45) is 4.71. The first-order valence-electron chi connectivity index (χ1n) is 7.09. The summed E-state index contributed by atoms with van der Waals surface area (Å²) in [6, 6.07) is 5.40. The Balaban J connectivity index is 0.00000176. The van der Waals surface area contributed by atoms with Crippen LogP contribution in [0.4, 0.5) is 0 Å². The summed E-state index contributed by atoms with van der Waals surface area (Å²) in [5.74, 6) is 2.48. The Hall–Kier alpha value is -1.82. The number of fused-ring (bicyclic) bond motifs is 1. The van der Waals surface area contributed by atoms with E-state index >= 15 is 0 Å². The van der Waals surface area contributed by atoms with Crippen molar-refractivity contribution in [1.29, 1.82) is 0 Å². The average molecular weight is 367 g/mol. The molecule has 0 spiro atoms. The predicted octanol–water partition coefficient (Wildman–Crippen LogP) is -1.33. The molecule has 0 aliphatic carbocycles. The van der Waals surface area contributed by atoms with Crippen LogP contribution < -0.4 is 31.0 Å². The van der Waals surface area contributed by atoms with Crippen molar-refractivity contribution >= 4 is 5.78 Å². The number of hydrogen-bond donors (Lipinski definition) is 0. The number of aromatic nitrogens is 2. The molecule has 0 radical (unpaired) electrons. The molecule has 1 aromatic heterocycles. The van der Waals surface area contributed by atoms with E-state index < -0.39 is 0 Å². The lowest BCUT2D eigenvalue weighted by molar-refractivity contribution is -0.677. The molecule has 0 atom stereocenters. The van der Waals surface area contributed by atoms with Crippen LogP contribution in [0.15, 0.2) is 30.6 Å². The van der Waals surface area contributed by atoms with Crippen molar-refractivity contribution in [3.63, 3.8) is 0 Å². The molecular formula is C16H19BrN2O3. The first-order valence-corrected chi connectivity index (χ1v) is 7.09. The van der Waals surface area contributed by atoms with Crippen molar-refractivity contribution in [3.8, 4) is 11.5 Å². The quantitative estimate of drug-likeness (QED) is 0.499. The van der Waals surface area contributed by atoms with Crippen LogP contribution in [-0.2, 0) is 13.6 Å². The number of Topliss-reactive ketones (excluding diaryl/α,β-unsaturated/α-hetero) is 1. The number of ketones is 1. The molecule has 1 aliphatic rings. The van der Waals surface area contributed by atoms with Gasteiger partial charge in [0, 0.05) is 18.9 Å². The van der Waals surface area contributed by atoms with Crippen LogP contribution in [0, 0.1) is 6.92 Å². The summed E-state index contributed by atoms with van der Waals surface area (Å²) < 4.78 is 15.1. The van der Waals surface area contributed by atoms with E-state index in [1.807, 2.05) is 41.6 Å². The Labute approximate surface area is 140 Å². The van der Waals surface area contributed by atoms with Crippen LogP contribution in [0.2, 0.25) is 0 Å². The lowest BCUT2D eigenvalue weighted by Crippen LogP contribution is -3.00. The van der Waals surface area contributed by atoms with E-state index in [2.05, 4.69) is 0 Å². The Morgan fingerprint density at radius 1 is 1.27 bits per heavy atom. The Bertz CT molecular complexity index is 682. The molecule has 2 heterocycles. The second-order valence-corrected chi connectivity index (χ2v) is 5.22. The van der Waals surface area contributed by atoms with Gasteiger partial charge < -0.3 is 26.5 Å². The molecule has 6 heteroatoms. The van der Waals surface area contributed by atoms with Crippen LogP contribution in [-0.4, -0.2) is 23.6 Å². The predicted molar refractivity (Wildman–Crippen MR) is 76.7 cm³/mol. The fourth-order valence-corrected chi connectivity index (χ4v) is 2.35. The molecule has 0 amide bonds. The second kappa shape index (κ2) is 6.96. The fraction of sp³-hybridized carbons (Fsp3) is 0.375. The Morgan fingerprint density at radius 3 is 2.68 bits per heavy atom. The summed E-state index contributed by atoms with van der Waals surface area (Å²) in [5.41, 5.74) is 0.648. The standard InChI is InChI=1S/C16H19N2O3.BrH/c1-12-17(2)6-7-18(12)11-14(19)13-4-5-15-16(10-13)21-9-3-8-20-15;/h4-7,10H,3,8-9,11H2,1-2H3;1H/q+1;/p-1. The normalized spacial score (nSPS) is 13.2. The van der Waals surface area contributed by atoms with Crippen molar-refractivity contribution in [2.45, 2.75) is 19.9 Å². The number of rotatable bonds is 3. The number of halogens is 1. The van der Waals surface area contributed by atoms with E-state index in [1.165, 1.54) is 0 Å². The summed E-state index contributed by atoms with van der Waals surface area (Å²) in [7, 11) is 1.96. The van der Waals surface area contributed by atoms with Crippen molar-refractivity contribution < 1.29 is 35.8 Å². The molecule has 0 fully saturated rings. The van der Waals surface area contributed by atoms with Gasteiger partial charge in [-0.05, 0) is 18.2 Å². The minimum absolute atomic E-state index is 0. The summed E-state index contributed by atoms with van der Waals surface area (Å²) in [4.78, 5) is 12.4. The molecule has 0 bridgehead atoms. The molecule has 2 aromatic rings. The summed E-state index contributed by atoms with van der Waals surface area (Å²) in [6.45, 7) is 3.59. The van der Waals surface area contributed by atoms with Crippen molar-refractivity contribution in [3.05, 3.63) is 42.0 Å². The zero-order chi connectivity index (χ0) is 14.8. The molecule has 1 aliphatic heterocycles. The van der Waals surface area contributed by atoms with Crippen LogP contribution in [0.25, 0.3) is 0 Å². The van der Waals surface area contributed by atoms with Gasteiger partial charge in [-0.3, -0.25) is 4.79 Å². The lowest BCUT2D eigenvalue weighted by atomic mass is 10.1. The average Bonchev–Trinajstić information content (AvgIpc) is 2.71. The molecule has 3 rings (SSSR count). The maximum absolute atomic E-state index is 12.4. The van der Waals surface area contributed by atoms with E-state index in [0.717, 1.165) is 12.2 Å². The highest BCUT2D eigenvalue weighted by Gasteiger charge is 2.17. The molecule has 0 unspecified atom stereocenters. The molecule has 1 aromatic carbocycles. The van der Waals surface area contributed by atoms with Gasteiger partial charge in [0.1, 0.15) is 12.4 Å². The van der Waals surface area contributed by atoms with Gasteiger partial charge in [0.2, 0.25) is 5.78 Å². The van der Waals surface area contributed by atoms with Crippen LogP contribution in [0.5, 0.6) is 11.5 Å². The van der Waals surface area contributed by atoms with E-state index in [0.29, 0.717) is 36.8 Å². The number of imidazole rings is 1. The van der Waals surface area contributed by atoms with Gasteiger partial charge in [-0.1, -0.05) is 0 Å². The second-order valence-electron chi connectivity index (χ2n) is 5.22. The van der Waals surface area contributed by atoms with Crippen molar-refractivity contribution in [2.75, 3.05) is 13.2 Å². The maximum atomic E-state index is 12.4. The van der Waals surface area contributed by atoms with Crippen LogP contribution in [0.1, 0.15) is 22.6 Å². The molecule has 0 saturated carbocycles. The van der Waals surface area contributed by atoms with Crippen molar-refractivity contribution in [2.24, 2.45) is 7.05 Å². The number of nitrogens with zero attached hydrogens (tertiary/aromatic N) is 2. The Morgan fingerprint density at radius 2 is 2.00 bits per heavy atom. The first-order chi connectivity index (χ1) is 10.1. The number of ether oxygens (including phenoxy) is 2. The SMILES string of the molecule is Cc1n(CC(=O)c2ccc3c(c2)OCCCO3)cc[n+]1C.[Br-]. The smallest absolute Gasteiger partial charge is 0.253 e. The van der Waals surface area contributed by atoms with E-state index in [9.17, 15) is 4.79 Å². The number of aryl methyl sites for hydroxylation is 1. The fourth-order valence-electron chi connectivity index (χ4n) is 2.35. The topological polar surface area (TPSA) is 44.3 Å². The summed E-state index contributed by atoms with van der Waals surface area (Å²) >= 11 is 0. The number of carbonyl (C=O) groups is 1. The molecule has 0 saturated heterocycles. The van der Waals surface area contributed by atoms with Crippen molar-refractivity contribution in [1.82, 2.24) is 4.57 Å². The first kappa shape index (κ1) is 16.5. The number of benzene rings is 1. The van der Waals surface area contributed by atoms with Gasteiger partial charge in [0.25, 0.3) is 5.82 Å². The molecule has 22 heavy (non-hydrogen) atoms. The van der Waals surface area contributed by atoms with E-state index in [-0.39, 0.29) is 22.8 Å². The van der Waals surface area contributed by atoms with Gasteiger partial charge in [0.15, 0.2) is 18.0 Å². The monoisotopic (exact) mass is 366 g/mol. The highest BCUT2D eigenvalue weighted by Crippen LogP contribution is 2.30. The maximum Gasteiger partial charge on any atom is 0.253 e. The number of hydrogen-bond acceptors (Lipinski definition) is 3. The largest absolute Gasteiger partial charge is 1.00 e. The summed E-state index contributed by atoms with van der Waals surface area (Å²) in [5, 5.41) is 0. The van der Waals surface area contributed by atoms with Crippen LogP contribution >= 0.6 is 0 Å². The minimum atomic E-state index is 0. The van der Waals surface area contributed by atoms with Gasteiger partial charge in [0.05, 0.1) is 20.3 Å². The third-order valence-electron chi connectivity index (χ3n) is 3.78. The van der Waals surface area contributed by atoms with Gasteiger partial charge in [-0.25, -0.2) is 9.13 Å². The molecular weight excluding hydrogens is 348 g/mol. The highest BCUT2D eigenvalue weighted by atomic mass is 79.9. The van der Waals surface area contributed by atoms with E-state index in [4.69, 9.17) is 9.47 Å².